The average molecular weight is 161 g/mol. The van der Waals surface area contributed by atoms with E-state index in [2.05, 4.69) is 11.1 Å². The molecule has 0 aromatic rings. The van der Waals surface area contributed by atoms with Crippen molar-refractivity contribution in [3.63, 3.8) is 0 Å². The Kier molecular flexibility index (Phi) is 12.7. The second kappa shape index (κ2) is 8.40. The molecule has 8 heavy (non-hydrogen) atoms. The second-order valence-electron chi connectivity index (χ2n) is 0.822. The Morgan fingerprint density at radius 2 is 2.50 bits per heavy atom. The zero-order valence-electron chi connectivity index (χ0n) is 5.70. The van der Waals surface area contributed by atoms with E-state index >= 15 is 0 Å². The molecule has 0 saturated carbocycles. The molecule has 1 N–H and O–H groups in total. The first-order chi connectivity index (χ1) is 3.27. The van der Waals surface area contributed by atoms with Gasteiger partial charge in [0.1, 0.15) is 6.61 Å². The van der Waals surface area contributed by atoms with Crippen LogP contribution >= 0.6 is 8.25 Å². The molecule has 5 heteroatoms. The molecule has 0 amide bonds. The maximum Gasteiger partial charge on any atom is 1.00 e. The van der Waals surface area contributed by atoms with Gasteiger partial charge in [-0.15, -0.1) is 16.0 Å². The van der Waals surface area contributed by atoms with Crippen LogP contribution in [0.2, 0.25) is 0 Å². The predicted octanol–water partition coefficient (Wildman–Crippen LogP) is -2.04. The summed E-state index contributed by atoms with van der Waals surface area (Å²) in [5.74, 6) is 0. The maximum absolute atomic E-state index is 9.64. The molecule has 0 aromatic carbocycles. The molecule has 0 heterocycles. The minimum absolute atomic E-state index is 0. The largest absolute Gasteiger partial charge is 1.00 e. The van der Waals surface area contributed by atoms with Gasteiger partial charge in [-0.1, -0.05) is 6.08 Å². The van der Waals surface area contributed by atoms with E-state index in [1.54, 1.807) is 0 Å². The van der Waals surface area contributed by atoms with Crippen LogP contribution in [0.3, 0.4) is 0 Å². The minimum Gasteiger partial charge on any atom is -1.00 e. The fraction of sp³-hybridized carbons (Fsp3) is 0.333. The molecule has 3 nitrogen and oxygen atoms in total. The van der Waals surface area contributed by atoms with Gasteiger partial charge in [-0.05, 0) is 0 Å². The van der Waals surface area contributed by atoms with E-state index in [1.165, 1.54) is 6.08 Å². The molecule has 0 radical (unpaired) electrons. The summed E-state index contributed by atoms with van der Waals surface area (Å²) in [5, 5.41) is 0. The van der Waals surface area contributed by atoms with Crippen molar-refractivity contribution in [2.75, 3.05) is 6.61 Å². The summed E-state index contributed by atoms with van der Waals surface area (Å²) in [7, 11) is -2.43. The monoisotopic (exact) mass is 161 g/mol. The van der Waals surface area contributed by atoms with Gasteiger partial charge in [0.05, 0.1) is 0 Å². The molecule has 0 aliphatic heterocycles. The number of rotatable bonds is 3. The SMILES string of the molecule is C=CCO[P+](=O)O.[H-].[K+]. The third-order valence-corrected chi connectivity index (χ3v) is 0.673. The zero-order chi connectivity index (χ0) is 5.70. The van der Waals surface area contributed by atoms with Gasteiger partial charge in [0, 0.05) is 4.57 Å². The van der Waals surface area contributed by atoms with Crippen molar-refractivity contribution in [2.24, 2.45) is 0 Å². The Morgan fingerprint density at radius 3 is 2.62 bits per heavy atom. The van der Waals surface area contributed by atoms with Crippen molar-refractivity contribution in [1.82, 2.24) is 0 Å². The number of hydrogen-bond acceptors (Lipinski definition) is 2. The molecule has 0 aliphatic rings. The van der Waals surface area contributed by atoms with E-state index < -0.39 is 8.25 Å². The molecular weight excluding hydrogens is 154 g/mol. The molecule has 1 unspecified atom stereocenters. The minimum atomic E-state index is -2.43. The van der Waals surface area contributed by atoms with Crippen LogP contribution in [0.4, 0.5) is 0 Å². The molecular formula is C3H7KO3P+. The predicted molar refractivity (Wildman–Crippen MR) is 27.1 cm³/mol. The Balaban J connectivity index is -0.000000180. The van der Waals surface area contributed by atoms with Gasteiger partial charge in [0.15, 0.2) is 0 Å². The van der Waals surface area contributed by atoms with Gasteiger partial charge >= 0.3 is 59.6 Å². The number of hydrogen-bond donors (Lipinski definition) is 1. The van der Waals surface area contributed by atoms with Crippen LogP contribution in [0.1, 0.15) is 1.43 Å². The fourth-order valence-electron chi connectivity index (χ4n) is 0.116. The molecule has 0 fully saturated rings. The van der Waals surface area contributed by atoms with E-state index in [0.717, 1.165) is 0 Å². The van der Waals surface area contributed by atoms with Gasteiger partial charge < -0.3 is 1.43 Å². The first-order valence-corrected chi connectivity index (χ1v) is 2.80. The second-order valence-corrected chi connectivity index (χ2v) is 1.56. The Bertz CT molecular complexity index is 89.1. The van der Waals surface area contributed by atoms with Crippen LogP contribution < -0.4 is 51.4 Å². The summed E-state index contributed by atoms with van der Waals surface area (Å²) >= 11 is 0. The van der Waals surface area contributed by atoms with E-state index in [9.17, 15) is 4.57 Å². The van der Waals surface area contributed by atoms with Crippen LogP contribution in [-0.4, -0.2) is 11.5 Å². The van der Waals surface area contributed by atoms with Crippen LogP contribution in [0.5, 0.6) is 0 Å². The Hall–Kier alpha value is 1.40. The van der Waals surface area contributed by atoms with Crippen molar-refractivity contribution in [3.8, 4) is 0 Å². The summed E-state index contributed by atoms with van der Waals surface area (Å²) in [6.07, 6.45) is 1.41. The first-order valence-electron chi connectivity index (χ1n) is 1.67. The van der Waals surface area contributed by atoms with Crippen molar-refractivity contribution >= 4 is 8.25 Å². The summed E-state index contributed by atoms with van der Waals surface area (Å²) in [6, 6.07) is 0. The molecule has 0 saturated heterocycles. The van der Waals surface area contributed by atoms with Gasteiger partial charge in [-0.3, -0.25) is 0 Å². The third-order valence-electron chi connectivity index (χ3n) is 0.303. The average Bonchev–Trinajstić information content (AvgIpc) is 1.61. The normalized spacial score (nSPS) is 9.38. The molecule has 0 bridgehead atoms. The van der Waals surface area contributed by atoms with Crippen molar-refractivity contribution in [2.45, 2.75) is 0 Å². The molecule has 0 spiro atoms. The van der Waals surface area contributed by atoms with Crippen LogP contribution in [0, 0.1) is 0 Å². The quantitative estimate of drug-likeness (QED) is 0.294. The summed E-state index contributed by atoms with van der Waals surface area (Å²) < 4.78 is 13.8. The van der Waals surface area contributed by atoms with E-state index in [4.69, 9.17) is 4.89 Å². The van der Waals surface area contributed by atoms with E-state index in [0.29, 0.717) is 0 Å². The van der Waals surface area contributed by atoms with Crippen molar-refractivity contribution in [1.29, 1.82) is 0 Å². The van der Waals surface area contributed by atoms with Gasteiger partial charge in [0.25, 0.3) is 0 Å². The van der Waals surface area contributed by atoms with E-state index in [-0.39, 0.29) is 59.4 Å². The van der Waals surface area contributed by atoms with Crippen LogP contribution in [-0.2, 0) is 9.09 Å². The molecule has 42 valence electrons. The molecule has 1 atom stereocenters. The molecule has 0 aliphatic carbocycles. The fourth-order valence-corrected chi connectivity index (χ4v) is 0.349. The third kappa shape index (κ3) is 10.4. The summed E-state index contributed by atoms with van der Waals surface area (Å²) in [6.45, 7) is 3.40. The van der Waals surface area contributed by atoms with Gasteiger partial charge in [-0.25, -0.2) is 0 Å². The van der Waals surface area contributed by atoms with Crippen LogP contribution in [0.15, 0.2) is 12.7 Å². The van der Waals surface area contributed by atoms with Crippen LogP contribution in [0.25, 0.3) is 0 Å². The molecule has 0 rings (SSSR count). The smallest absolute Gasteiger partial charge is 1.00 e. The maximum atomic E-state index is 9.64. The first kappa shape index (κ1) is 12.1. The standard InChI is InChI=1S/C3H5O3P.K.H/c1-2-3-6-7(4)5;;/h2H,1,3H2;;/q;+1;-1/p+1. The molecule has 0 aromatic heterocycles. The van der Waals surface area contributed by atoms with Crippen molar-refractivity contribution < 1.29 is 66.8 Å². The van der Waals surface area contributed by atoms with E-state index in [1.807, 2.05) is 0 Å². The topological polar surface area (TPSA) is 46.5 Å². The zero-order valence-corrected chi connectivity index (χ0v) is 8.72. The van der Waals surface area contributed by atoms with Gasteiger partial charge in [0.2, 0.25) is 0 Å². The van der Waals surface area contributed by atoms with Crippen molar-refractivity contribution in [3.05, 3.63) is 12.7 Å². The summed E-state index contributed by atoms with van der Waals surface area (Å²) in [4.78, 5) is 7.92. The Morgan fingerprint density at radius 1 is 2.00 bits per heavy atom. The summed E-state index contributed by atoms with van der Waals surface area (Å²) in [5.41, 5.74) is 0. The van der Waals surface area contributed by atoms with Gasteiger partial charge in [-0.2, -0.15) is 0 Å². The Labute approximate surface area is 93.0 Å².